The Bertz CT molecular complexity index is 1130. The van der Waals surface area contributed by atoms with Crippen LogP contribution in [0, 0.1) is 5.82 Å². The number of ether oxygens (including phenoxy) is 1. The zero-order valence-electron chi connectivity index (χ0n) is 16.4. The Labute approximate surface area is 174 Å². The molecule has 5 nitrogen and oxygen atoms in total. The van der Waals surface area contributed by atoms with Crippen molar-refractivity contribution in [3.8, 4) is 22.5 Å². The van der Waals surface area contributed by atoms with Crippen LogP contribution in [0.1, 0.15) is 23.9 Å². The lowest BCUT2D eigenvalue weighted by molar-refractivity contribution is 0.0924. The molecule has 0 N–H and O–H groups in total. The van der Waals surface area contributed by atoms with Crippen molar-refractivity contribution in [2.45, 2.75) is 25.5 Å². The lowest BCUT2D eigenvalue weighted by atomic mass is 10.0. The molecule has 30 heavy (non-hydrogen) atoms. The van der Waals surface area contributed by atoms with Crippen LogP contribution in [0.2, 0.25) is 0 Å². The number of fused-ring (bicyclic) bond motifs is 1. The van der Waals surface area contributed by atoms with Crippen LogP contribution in [0.25, 0.3) is 22.5 Å². The number of halogens is 1. The largest absolute Gasteiger partial charge is 0.375 e. The van der Waals surface area contributed by atoms with Crippen LogP contribution in [0.15, 0.2) is 73.3 Å². The van der Waals surface area contributed by atoms with E-state index in [4.69, 9.17) is 9.72 Å². The second kappa shape index (κ2) is 8.16. The number of rotatable bonds is 6. The van der Waals surface area contributed by atoms with Gasteiger partial charge in [0.05, 0.1) is 30.6 Å². The minimum Gasteiger partial charge on any atom is -0.375 e. The summed E-state index contributed by atoms with van der Waals surface area (Å²) in [6.07, 6.45) is 9.00. The Balaban J connectivity index is 1.48. The van der Waals surface area contributed by atoms with E-state index in [2.05, 4.69) is 14.5 Å². The molecule has 0 saturated carbocycles. The van der Waals surface area contributed by atoms with Crippen molar-refractivity contribution in [3.63, 3.8) is 0 Å². The molecule has 1 aromatic carbocycles. The van der Waals surface area contributed by atoms with E-state index in [0.717, 1.165) is 46.7 Å². The van der Waals surface area contributed by atoms with Crippen LogP contribution in [-0.4, -0.2) is 26.1 Å². The van der Waals surface area contributed by atoms with E-state index in [1.165, 1.54) is 12.1 Å². The minimum atomic E-state index is -0.252. The third-order valence-electron chi connectivity index (χ3n) is 5.45. The molecule has 0 fully saturated rings. The van der Waals surface area contributed by atoms with Gasteiger partial charge in [-0.2, -0.15) is 0 Å². The minimum absolute atomic E-state index is 0.201. The van der Waals surface area contributed by atoms with Crippen molar-refractivity contribution in [2.24, 2.45) is 0 Å². The number of pyridine rings is 2. The summed E-state index contributed by atoms with van der Waals surface area (Å²) in [4.78, 5) is 13.1. The van der Waals surface area contributed by atoms with Crippen molar-refractivity contribution in [1.82, 2.24) is 19.5 Å². The second-order valence-corrected chi connectivity index (χ2v) is 7.40. The summed E-state index contributed by atoms with van der Waals surface area (Å²) >= 11 is 0. The Hall–Kier alpha value is -3.38. The molecule has 0 radical (unpaired) electrons. The fraction of sp³-hybridized carbons (Fsp3) is 0.208. The first-order chi connectivity index (χ1) is 14.8. The highest BCUT2D eigenvalue weighted by Gasteiger charge is 2.30. The van der Waals surface area contributed by atoms with Crippen molar-refractivity contribution >= 4 is 0 Å². The van der Waals surface area contributed by atoms with Crippen molar-refractivity contribution in [1.29, 1.82) is 0 Å². The van der Waals surface area contributed by atoms with E-state index >= 15 is 0 Å². The number of aryl methyl sites for hydroxylation is 1. The number of hydrogen-bond donors (Lipinski definition) is 0. The van der Waals surface area contributed by atoms with E-state index < -0.39 is 0 Å². The average Bonchev–Trinajstić information content (AvgIpc) is 3.35. The molecule has 4 aromatic rings. The molecule has 6 heteroatoms. The molecule has 4 heterocycles. The van der Waals surface area contributed by atoms with Gasteiger partial charge in [0.15, 0.2) is 0 Å². The van der Waals surface area contributed by atoms with Gasteiger partial charge in [0, 0.05) is 42.3 Å². The summed E-state index contributed by atoms with van der Waals surface area (Å²) < 4.78 is 21.8. The van der Waals surface area contributed by atoms with Crippen LogP contribution in [0.3, 0.4) is 0 Å². The van der Waals surface area contributed by atoms with Crippen LogP contribution in [0.5, 0.6) is 0 Å². The van der Waals surface area contributed by atoms with Gasteiger partial charge >= 0.3 is 0 Å². The van der Waals surface area contributed by atoms with Gasteiger partial charge in [0.2, 0.25) is 0 Å². The summed E-state index contributed by atoms with van der Waals surface area (Å²) in [6, 6.07) is 14.6. The third kappa shape index (κ3) is 3.62. The van der Waals surface area contributed by atoms with E-state index in [0.29, 0.717) is 13.2 Å². The highest BCUT2D eigenvalue weighted by atomic mass is 19.1. The van der Waals surface area contributed by atoms with Gasteiger partial charge in [-0.3, -0.25) is 9.97 Å². The number of benzene rings is 1. The number of nitrogens with zero attached hydrogens (tertiary/aromatic N) is 4. The lowest BCUT2D eigenvalue weighted by Gasteiger charge is -2.18. The topological polar surface area (TPSA) is 52.8 Å². The highest BCUT2D eigenvalue weighted by molar-refractivity contribution is 5.79. The monoisotopic (exact) mass is 400 g/mol. The molecule has 1 aliphatic heterocycles. The zero-order chi connectivity index (χ0) is 20.3. The Kier molecular flexibility index (Phi) is 5.07. The molecule has 3 aromatic heterocycles. The number of aromatic nitrogens is 4. The normalized spacial score (nSPS) is 15.3. The maximum Gasteiger partial charge on any atom is 0.123 e. The molecule has 0 saturated heterocycles. The summed E-state index contributed by atoms with van der Waals surface area (Å²) in [5.41, 5.74) is 4.96. The van der Waals surface area contributed by atoms with Gasteiger partial charge in [-0.25, -0.2) is 9.37 Å². The first kappa shape index (κ1) is 18.6. The lowest BCUT2D eigenvalue weighted by Crippen LogP contribution is -2.13. The van der Waals surface area contributed by atoms with Gasteiger partial charge in [-0.05, 0) is 60.5 Å². The SMILES string of the molecule is Fc1ccc(-c2nc3n(c2-c2ccncc2)C(COCc2ccncc2)CC3)cc1. The van der Waals surface area contributed by atoms with Crippen molar-refractivity contribution in [3.05, 3.63) is 90.5 Å². The quantitative estimate of drug-likeness (QED) is 0.464. The van der Waals surface area contributed by atoms with Gasteiger partial charge in [0.25, 0.3) is 0 Å². The molecule has 1 unspecified atom stereocenters. The Morgan fingerprint density at radius 1 is 0.900 bits per heavy atom. The van der Waals surface area contributed by atoms with Gasteiger partial charge < -0.3 is 9.30 Å². The first-order valence-corrected chi connectivity index (χ1v) is 10.0. The fourth-order valence-electron chi connectivity index (χ4n) is 4.02. The van der Waals surface area contributed by atoms with Crippen LogP contribution in [0.4, 0.5) is 4.39 Å². The average molecular weight is 400 g/mol. The molecule has 1 aliphatic rings. The second-order valence-electron chi connectivity index (χ2n) is 7.40. The molecule has 150 valence electrons. The molecule has 0 aliphatic carbocycles. The molecular weight excluding hydrogens is 379 g/mol. The number of imidazole rings is 1. The maximum atomic E-state index is 13.5. The zero-order valence-corrected chi connectivity index (χ0v) is 16.4. The third-order valence-corrected chi connectivity index (χ3v) is 5.45. The van der Waals surface area contributed by atoms with Crippen LogP contribution >= 0.6 is 0 Å². The molecule has 0 spiro atoms. The summed E-state index contributed by atoms with van der Waals surface area (Å²) in [6.45, 7) is 1.16. The van der Waals surface area contributed by atoms with E-state index in [-0.39, 0.29) is 11.9 Å². The standard InChI is InChI=1S/C24H21FN4O/c25-20-3-1-18(2-4-20)23-24(19-9-13-27-14-10-19)29-21(5-6-22(29)28-23)16-30-15-17-7-11-26-12-8-17/h1-4,7-14,21H,5-6,15-16H2. The Morgan fingerprint density at radius 3 is 2.33 bits per heavy atom. The predicted octanol–water partition coefficient (Wildman–Crippen LogP) is 4.85. The Morgan fingerprint density at radius 2 is 1.60 bits per heavy atom. The number of hydrogen-bond acceptors (Lipinski definition) is 4. The highest BCUT2D eigenvalue weighted by Crippen LogP contribution is 2.39. The van der Waals surface area contributed by atoms with E-state index in [1.54, 1.807) is 36.9 Å². The van der Waals surface area contributed by atoms with Crippen molar-refractivity contribution in [2.75, 3.05) is 6.61 Å². The summed E-state index contributed by atoms with van der Waals surface area (Å²) in [5, 5.41) is 0. The van der Waals surface area contributed by atoms with E-state index in [1.807, 2.05) is 24.3 Å². The van der Waals surface area contributed by atoms with Crippen LogP contribution < -0.4 is 0 Å². The van der Waals surface area contributed by atoms with Crippen LogP contribution in [-0.2, 0) is 17.8 Å². The summed E-state index contributed by atoms with van der Waals surface area (Å²) in [7, 11) is 0. The molecular formula is C24H21FN4O. The van der Waals surface area contributed by atoms with Gasteiger partial charge in [0.1, 0.15) is 11.6 Å². The smallest absolute Gasteiger partial charge is 0.123 e. The maximum absolute atomic E-state index is 13.5. The summed E-state index contributed by atoms with van der Waals surface area (Å²) in [5.74, 6) is 0.789. The predicted molar refractivity (Wildman–Crippen MR) is 112 cm³/mol. The van der Waals surface area contributed by atoms with Gasteiger partial charge in [-0.1, -0.05) is 0 Å². The molecule has 0 amide bonds. The fourth-order valence-corrected chi connectivity index (χ4v) is 4.02. The van der Waals surface area contributed by atoms with Gasteiger partial charge in [-0.15, -0.1) is 0 Å². The molecule has 1 atom stereocenters. The first-order valence-electron chi connectivity index (χ1n) is 10.0. The van der Waals surface area contributed by atoms with E-state index in [9.17, 15) is 4.39 Å². The van der Waals surface area contributed by atoms with Crippen molar-refractivity contribution < 1.29 is 9.13 Å². The molecule has 5 rings (SSSR count). The molecule has 0 bridgehead atoms.